The summed E-state index contributed by atoms with van der Waals surface area (Å²) in [6.07, 6.45) is 2.15. The van der Waals surface area contributed by atoms with Gasteiger partial charge in [-0.1, -0.05) is 17.7 Å². The molecule has 0 aromatic heterocycles. The van der Waals surface area contributed by atoms with E-state index >= 15 is 0 Å². The first-order valence-corrected chi connectivity index (χ1v) is 6.27. The van der Waals surface area contributed by atoms with Crippen molar-refractivity contribution in [1.29, 1.82) is 0 Å². The molecule has 0 aliphatic rings. The number of unbranched alkanes of at least 4 members (excludes halogenated alkanes) is 2. The van der Waals surface area contributed by atoms with Crippen LogP contribution in [0.3, 0.4) is 0 Å². The maximum atomic E-state index is 11.9. The summed E-state index contributed by atoms with van der Waals surface area (Å²) >= 11 is 5.83. The van der Waals surface area contributed by atoms with Crippen molar-refractivity contribution in [2.75, 3.05) is 13.2 Å². The van der Waals surface area contributed by atoms with Gasteiger partial charge in [0.05, 0.1) is 9.95 Å². The molecule has 0 radical (unpaired) electrons. The zero-order valence-electron chi connectivity index (χ0n) is 10.3. The Labute approximate surface area is 115 Å². The minimum Gasteiger partial charge on any atom is -0.396 e. The van der Waals surface area contributed by atoms with Crippen molar-refractivity contribution in [2.24, 2.45) is 0 Å². The number of nitrogens with zero attached hydrogens (tertiary/aromatic N) is 1. The molecule has 1 rings (SSSR count). The van der Waals surface area contributed by atoms with Crippen LogP contribution in [0.15, 0.2) is 18.2 Å². The van der Waals surface area contributed by atoms with Gasteiger partial charge >= 0.3 is 0 Å². The molecule has 19 heavy (non-hydrogen) atoms. The first kappa shape index (κ1) is 15.4. The molecular weight excluding hydrogens is 272 g/mol. The second-order valence-electron chi connectivity index (χ2n) is 3.93. The number of rotatable bonds is 7. The summed E-state index contributed by atoms with van der Waals surface area (Å²) in [5, 5.41) is 22.1. The van der Waals surface area contributed by atoms with Crippen LogP contribution in [-0.2, 0) is 0 Å². The van der Waals surface area contributed by atoms with Gasteiger partial charge in [0.2, 0.25) is 0 Å². The summed E-state index contributed by atoms with van der Waals surface area (Å²) in [5.74, 6) is -0.554. The van der Waals surface area contributed by atoms with Gasteiger partial charge < -0.3 is 10.4 Å². The second-order valence-corrected chi connectivity index (χ2v) is 4.34. The number of hydrogen-bond donors (Lipinski definition) is 2. The normalized spacial score (nSPS) is 10.2. The van der Waals surface area contributed by atoms with E-state index < -0.39 is 10.8 Å². The number of amides is 1. The fourth-order valence-electron chi connectivity index (χ4n) is 1.59. The highest BCUT2D eigenvalue weighted by molar-refractivity contribution is 6.34. The summed E-state index contributed by atoms with van der Waals surface area (Å²) < 4.78 is 0. The molecule has 0 heterocycles. The Morgan fingerprint density at radius 1 is 1.37 bits per heavy atom. The van der Waals surface area contributed by atoms with Gasteiger partial charge in [0.15, 0.2) is 0 Å². The molecule has 2 N–H and O–H groups in total. The Kier molecular flexibility index (Phi) is 6.24. The van der Waals surface area contributed by atoms with Gasteiger partial charge in [0.25, 0.3) is 11.6 Å². The summed E-state index contributed by atoms with van der Waals surface area (Å²) in [6, 6.07) is 4.11. The van der Waals surface area contributed by atoms with E-state index in [2.05, 4.69) is 5.32 Å². The third-order valence-electron chi connectivity index (χ3n) is 2.54. The van der Waals surface area contributed by atoms with Crippen molar-refractivity contribution in [3.63, 3.8) is 0 Å². The average molecular weight is 287 g/mol. The molecule has 0 saturated heterocycles. The number of nitrogens with one attached hydrogen (secondary N) is 1. The number of halogens is 1. The van der Waals surface area contributed by atoms with Gasteiger partial charge in [-0.2, -0.15) is 0 Å². The summed E-state index contributed by atoms with van der Waals surface area (Å²) in [6.45, 7) is 0.505. The van der Waals surface area contributed by atoms with Crippen molar-refractivity contribution in [3.05, 3.63) is 38.9 Å². The third kappa shape index (κ3) is 4.50. The van der Waals surface area contributed by atoms with Crippen molar-refractivity contribution in [1.82, 2.24) is 5.32 Å². The Balaban J connectivity index is 2.68. The SMILES string of the molecule is O=C(NCCCCCO)c1c(Cl)cccc1[N+](=O)[O-]. The molecule has 0 atom stereocenters. The number of nitro benzene ring substituents is 1. The molecule has 6 nitrogen and oxygen atoms in total. The third-order valence-corrected chi connectivity index (χ3v) is 2.85. The highest BCUT2D eigenvalue weighted by atomic mass is 35.5. The number of aliphatic hydroxyl groups is 1. The summed E-state index contributed by atoms with van der Waals surface area (Å²) in [5.41, 5.74) is -0.420. The first-order valence-electron chi connectivity index (χ1n) is 5.90. The van der Waals surface area contributed by atoms with E-state index in [1.165, 1.54) is 18.2 Å². The van der Waals surface area contributed by atoms with Crippen molar-refractivity contribution in [3.8, 4) is 0 Å². The van der Waals surface area contributed by atoms with Crippen LogP contribution in [0.5, 0.6) is 0 Å². The number of aliphatic hydroxyl groups excluding tert-OH is 1. The minimum atomic E-state index is -0.632. The molecule has 1 aromatic rings. The Morgan fingerprint density at radius 2 is 2.11 bits per heavy atom. The van der Waals surface area contributed by atoms with Crippen molar-refractivity contribution in [2.45, 2.75) is 19.3 Å². The predicted octanol–water partition coefficient (Wildman–Crippen LogP) is 2.14. The summed E-state index contributed by atoms with van der Waals surface area (Å²) in [7, 11) is 0. The van der Waals surface area contributed by atoms with Gasteiger partial charge in [-0.05, 0) is 25.3 Å². The average Bonchev–Trinajstić information content (AvgIpc) is 2.37. The number of carbonyl (C=O) groups is 1. The van der Waals surface area contributed by atoms with Gasteiger partial charge in [0.1, 0.15) is 5.56 Å². The van der Waals surface area contributed by atoms with Crippen LogP contribution in [0.4, 0.5) is 5.69 Å². The van der Waals surface area contributed by atoms with Crippen molar-refractivity contribution < 1.29 is 14.8 Å². The van der Waals surface area contributed by atoms with Gasteiger partial charge in [-0.25, -0.2) is 0 Å². The number of carbonyl (C=O) groups excluding carboxylic acids is 1. The molecule has 0 spiro atoms. The second kappa shape index (κ2) is 7.70. The van der Waals surface area contributed by atoms with Crippen LogP contribution in [0.1, 0.15) is 29.6 Å². The van der Waals surface area contributed by atoms with Gasteiger partial charge in [0, 0.05) is 19.2 Å². The molecule has 0 bridgehead atoms. The van der Waals surface area contributed by atoms with Gasteiger partial charge in [-0.15, -0.1) is 0 Å². The number of benzene rings is 1. The van der Waals surface area contributed by atoms with E-state index in [1.54, 1.807) is 0 Å². The standard InChI is InChI=1S/C12H15ClN2O4/c13-9-5-4-6-10(15(18)19)11(9)12(17)14-7-2-1-3-8-16/h4-6,16H,1-3,7-8H2,(H,14,17). The van der Waals surface area contributed by atoms with E-state index in [0.29, 0.717) is 19.4 Å². The van der Waals surface area contributed by atoms with Crippen LogP contribution in [-0.4, -0.2) is 29.1 Å². The lowest BCUT2D eigenvalue weighted by molar-refractivity contribution is -0.385. The molecule has 0 fully saturated rings. The Hall–Kier alpha value is -1.66. The predicted molar refractivity (Wildman–Crippen MR) is 71.4 cm³/mol. The first-order chi connectivity index (χ1) is 9.07. The fourth-order valence-corrected chi connectivity index (χ4v) is 1.85. The molecule has 104 valence electrons. The van der Waals surface area contributed by atoms with E-state index in [1.807, 2.05) is 0 Å². The lowest BCUT2D eigenvalue weighted by Crippen LogP contribution is -2.25. The highest BCUT2D eigenvalue weighted by Crippen LogP contribution is 2.25. The molecule has 1 amide bonds. The Morgan fingerprint density at radius 3 is 2.74 bits per heavy atom. The monoisotopic (exact) mass is 286 g/mol. The molecule has 0 aliphatic carbocycles. The van der Waals surface area contributed by atoms with Crippen LogP contribution < -0.4 is 5.32 Å². The summed E-state index contributed by atoms with van der Waals surface area (Å²) in [4.78, 5) is 22.1. The maximum absolute atomic E-state index is 11.9. The lowest BCUT2D eigenvalue weighted by atomic mass is 10.1. The molecule has 1 aromatic carbocycles. The topological polar surface area (TPSA) is 92.5 Å². The number of hydrogen-bond acceptors (Lipinski definition) is 4. The fraction of sp³-hybridized carbons (Fsp3) is 0.417. The largest absolute Gasteiger partial charge is 0.396 e. The van der Waals surface area contributed by atoms with E-state index in [-0.39, 0.29) is 22.9 Å². The van der Waals surface area contributed by atoms with Crippen LogP contribution in [0.25, 0.3) is 0 Å². The molecular formula is C12H15ClN2O4. The lowest BCUT2D eigenvalue weighted by Gasteiger charge is -2.07. The molecule has 0 saturated carbocycles. The smallest absolute Gasteiger partial charge is 0.283 e. The quantitative estimate of drug-likeness (QED) is 0.456. The molecule has 0 unspecified atom stereocenters. The minimum absolute atomic E-state index is 0.0575. The van der Waals surface area contributed by atoms with E-state index in [4.69, 9.17) is 16.7 Å². The maximum Gasteiger partial charge on any atom is 0.283 e. The van der Waals surface area contributed by atoms with Crippen LogP contribution in [0, 0.1) is 10.1 Å². The zero-order valence-corrected chi connectivity index (χ0v) is 11.0. The zero-order chi connectivity index (χ0) is 14.3. The van der Waals surface area contributed by atoms with E-state index in [9.17, 15) is 14.9 Å². The Bertz CT molecular complexity index is 465. The van der Waals surface area contributed by atoms with Crippen LogP contribution >= 0.6 is 11.6 Å². The van der Waals surface area contributed by atoms with Gasteiger partial charge in [-0.3, -0.25) is 14.9 Å². The van der Waals surface area contributed by atoms with Crippen molar-refractivity contribution >= 4 is 23.2 Å². The molecule has 7 heteroatoms. The number of nitro groups is 1. The van der Waals surface area contributed by atoms with Crippen LogP contribution in [0.2, 0.25) is 5.02 Å². The highest BCUT2D eigenvalue weighted by Gasteiger charge is 2.22. The van der Waals surface area contributed by atoms with E-state index in [0.717, 1.165) is 6.42 Å². The molecule has 0 aliphatic heterocycles.